The molecule has 1 aliphatic heterocycles. The minimum absolute atomic E-state index is 0.130. The number of fused-ring (bicyclic) bond motifs is 6. The summed E-state index contributed by atoms with van der Waals surface area (Å²) in [5.74, 6) is 0.389. The fourth-order valence-corrected chi connectivity index (χ4v) is 5.88. The molecule has 0 saturated heterocycles. The molecule has 0 saturated carbocycles. The molecule has 6 bridgehead atoms. The molecule has 0 spiro atoms. The van der Waals surface area contributed by atoms with E-state index in [0.717, 1.165) is 10.7 Å². The standard InChI is InChI=1S/C24H21I3O6/c25-19-1-13-7-31-9-15-3-20(26)5-17(23(15)29)11-33-12-18-6-21(27)4-16(24(18)30)10-32-8-14(2-19)22(13)28/h1-6,28-30H,7-12H2. The Hall–Kier alpha value is -0.870. The molecule has 3 N–H and O–H groups in total. The Morgan fingerprint density at radius 1 is 0.424 bits per heavy atom. The van der Waals surface area contributed by atoms with E-state index < -0.39 is 0 Å². The van der Waals surface area contributed by atoms with Crippen molar-refractivity contribution in [1.29, 1.82) is 0 Å². The summed E-state index contributed by atoms with van der Waals surface area (Å²) in [5.41, 5.74) is 3.89. The van der Waals surface area contributed by atoms with Crippen LogP contribution in [-0.4, -0.2) is 15.3 Å². The molecule has 174 valence electrons. The molecule has 1 aliphatic rings. The van der Waals surface area contributed by atoms with Crippen molar-refractivity contribution < 1.29 is 29.5 Å². The van der Waals surface area contributed by atoms with E-state index >= 15 is 0 Å². The minimum atomic E-state index is 0.130. The van der Waals surface area contributed by atoms with Crippen molar-refractivity contribution >= 4 is 67.8 Å². The van der Waals surface area contributed by atoms with Gasteiger partial charge in [0.1, 0.15) is 17.2 Å². The average Bonchev–Trinajstić information content (AvgIpc) is 2.76. The van der Waals surface area contributed by atoms with Gasteiger partial charge in [-0.2, -0.15) is 0 Å². The van der Waals surface area contributed by atoms with Gasteiger partial charge in [0, 0.05) is 44.1 Å². The summed E-state index contributed by atoms with van der Waals surface area (Å²) in [6.45, 7) is 1.13. The Labute approximate surface area is 232 Å². The van der Waals surface area contributed by atoms with E-state index in [1.807, 2.05) is 36.4 Å². The van der Waals surface area contributed by atoms with Crippen molar-refractivity contribution in [3.05, 3.63) is 80.5 Å². The summed E-state index contributed by atoms with van der Waals surface area (Å²) < 4.78 is 20.4. The first-order chi connectivity index (χ1) is 15.8. The SMILES string of the molecule is Oc1c2cc(I)cc1COCc1cc(I)cc(c1O)COCc1cc(I)cc(c1O)COC2. The minimum Gasteiger partial charge on any atom is -0.507 e. The lowest BCUT2D eigenvalue weighted by Crippen LogP contribution is -2.03. The highest BCUT2D eigenvalue weighted by Crippen LogP contribution is 2.32. The third-order valence-corrected chi connectivity index (χ3v) is 7.11. The van der Waals surface area contributed by atoms with E-state index in [0.29, 0.717) is 33.4 Å². The summed E-state index contributed by atoms with van der Waals surface area (Å²) in [6.07, 6.45) is 0. The Bertz CT molecular complexity index is 960. The maximum Gasteiger partial charge on any atom is 0.126 e. The maximum absolute atomic E-state index is 10.8. The van der Waals surface area contributed by atoms with Gasteiger partial charge in [0.15, 0.2) is 0 Å². The largest absolute Gasteiger partial charge is 0.507 e. The second-order valence-corrected chi connectivity index (χ2v) is 11.4. The van der Waals surface area contributed by atoms with Crippen LogP contribution in [0.2, 0.25) is 0 Å². The van der Waals surface area contributed by atoms with Crippen LogP contribution in [0.4, 0.5) is 0 Å². The van der Waals surface area contributed by atoms with Crippen LogP contribution in [0.3, 0.4) is 0 Å². The van der Waals surface area contributed by atoms with Gasteiger partial charge in [-0.1, -0.05) is 0 Å². The van der Waals surface area contributed by atoms with Gasteiger partial charge in [0.2, 0.25) is 0 Å². The number of hydrogen-bond donors (Lipinski definition) is 3. The molecule has 6 nitrogen and oxygen atoms in total. The quantitative estimate of drug-likeness (QED) is 0.240. The van der Waals surface area contributed by atoms with Crippen LogP contribution in [0.1, 0.15) is 33.4 Å². The van der Waals surface area contributed by atoms with Gasteiger partial charge in [-0.05, 0) is 104 Å². The summed E-state index contributed by atoms with van der Waals surface area (Å²) in [4.78, 5) is 0. The first-order valence-electron chi connectivity index (χ1n) is 10.1. The zero-order chi connectivity index (χ0) is 23.5. The average molecular weight is 786 g/mol. The van der Waals surface area contributed by atoms with E-state index in [2.05, 4.69) is 67.8 Å². The predicted molar refractivity (Wildman–Crippen MR) is 148 cm³/mol. The Morgan fingerprint density at radius 2 is 0.606 bits per heavy atom. The van der Waals surface area contributed by atoms with E-state index in [4.69, 9.17) is 14.2 Å². The van der Waals surface area contributed by atoms with Gasteiger partial charge in [0.05, 0.1) is 39.6 Å². The number of benzene rings is 3. The van der Waals surface area contributed by atoms with Crippen LogP contribution in [0.5, 0.6) is 17.2 Å². The molecule has 0 fully saturated rings. The lowest BCUT2D eigenvalue weighted by Gasteiger charge is -2.16. The fraction of sp³-hybridized carbons (Fsp3) is 0.250. The molecule has 0 unspecified atom stereocenters. The van der Waals surface area contributed by atoms with Crippen LogP contribution in [0, 0.1) is 10.7 Å². The van der Waals surface area contributed by atoms with Crippen LogP contribution >= 0.6 is 67.8 Å². The zero-order valence-electron chi connectivity index (χ0n) is 17.4. The van der Waals surface area contributed by atoms with Crippen LogP contribution in [0.15, 0.2) is 36.4 Å². The highest BCUT2D eigenvalue weighted by Gasteiger charge is 2.16. The topological polar surface area (TPSA) is 88.4 Å². The molecule has 9 heteroatoms. The first kappa shape index (κ1) is 25.2. The Balaban J connectivity index is 1.71. The van der Waals surface area contributed by atoms with E-state index in [9.17, 15) is 15.3 Å². The van der Waals surface area contributed by atoms with E-state index in [1.165, 1.54) is 0 Å². The summed E-state index contributed by atoms with van der Waals surface area (Å²) in [6, 6.07) is 11.2. The first-order valence-corrected chi connectivity index (χ1v) is 13.3. The monoisotopic (exact) mass is 786 g/mol. The summed E-state index contributed by atoms with van der Waals surface area (Å²) >= 11 is 6.59. The van der Waals surface area contributed by atoms with E-state index in [1.54, 1.807) is 0 Å². The molecule has 3 aromatic rings. The summed E-state index contributed by atoms with van der Waals surface area (Å²) in [7, 11) is 0. The highest BCUT2D eigenvalue weighted by molar-refractivity contribution is 14.1. The third-order valence-electron chi connectivity index (χ3n) is 5.24. The number of hydrogen-bond acceptors (Lipinski definition) is 6. The number of phenols is 3. The van der Waals surface area contributed by atoms with Crippen molar-refractivity contribution in [3.8, 4) is 17.2 Å². The lowest BCUT2D eigenvalue weighted by atomic mass is 10.1. The maximum atomic E-state index is 10.8. The summed E-state index contributed by atoms with van der Waals surface area (Å²) in [5, 5.41) is 32.3. The van der Waals surface area contributed by atoms with Gasteiger partial charge < -0.3 is 29.5 Å². The molecular formula is C24H21I3O6. The van der Waals surface area contributed by atoms with Crippen molar-refractivity contribution in [2.75, 3.05) is 0 Å². The van der Waals surface area contributed by atoms with Crippen molar-refractivity contribution in [2.45, 2.75) is 39.6 Å². The second kappa shape index (κ2) is 11.2. The fourth-order valence-electron chi connectivity index (χ4n) is 3.63. The molecule has 0 atom stereocenters. The predicted octanol–water partition coefficient (Wildman–Crippen LogP) is 6.08. The van der Waals surface area contributed by atoms with Gasteiger partial charge >= 0.3 is 0 Å². The van der Waals surface area contributed by atoms with Crippen molar-refractivity contribution in [2.24, 2.45) is 0 Å². The molecule has 0 amide bonds. The normalized spacial score (nSPS) is 15.0. The molecule has 33 heavy (non-hydrogen) atoms. The van der Waals surface area contributed by atoms with Gasteiger partial charge in [-0.15, -0.1) is 0 Å². The van der Waals surface area contributed by atoms with Crippen molar-refractivity contribution in [3.63, 3.8) is 0 Å². The highest BCUT2D eigenvalue weighted by atomic mass is 127. The molecule has 4 rings (SSSR count). The lowest BCUT2D eigenvalue weighted by molar-refractivity contribution is 0.0930. The number of rotatable bonds is 0. The molecular weight excluding hydrogens is 765 g/mol. The smallest absolute Gasteiger partial charge is 0.126 e. The van der Waals surface area contributed by atoms with Gasteiger partial charge in [0.25, 0.3) is 0 Å². The van der Waals surface area contributed by atoms with Crippen molar-refractivity contribution in [1.82, 2.24) is 0 Å². The number of halogens is 3. The van der Waals surface area contributed by atoms with Gasteiger partial charge in [-0.3, -0.25) is 0 Å². The molecule has 0 aromatic heterocycles. The number of phenolic OH excluding ortho intramolecular Hbond substituents is 3. The third kappa shape index (κ3) is 6.23. The molecule has 1 heterocycles. The number of aromatic hydroxyl groups is 3. The Kier molecular flexibility index (Phi) is 8.60. The van der Waals surface area contributed by atoms with Crippen LogP contribution < -0.4 is 0 Å². The Morgan fingerprint density at radius 3 is 0.788 bits per heavy atom. The second-order valence-electron chi connectivity index (χ2n) is 7.70. The molecule has 0 aliphatic carbocycles. The van der Waals surface area contributed by atoms with E-state index in [-0.39, 0.29) is 56.9 Å². The number of ether oxygens (including phenoxy) is 3. The van der Waals surface area contributed by atoms with Gasteiger partial charge in [-0.25, -0.2) is 0 Å². The zero-order valence-corrected chi connectivity index (χ0v) is 23.9. The van der Waals surface area contributed by atoms with Crippen LogP contribution in [-0.2, 0) is 53.9 Å². The molecule has 3 aromatic carbocycles. The molecule has 0 radical (unpaired) electrons. The van der Waals surface area contributed by atoms with Crippen LogP contribution in [0.25, 0.3) is 0 Å².